The number of carbonyl (C=O) groups excluding carboxylic acids is 1. The molecule has 1 aliphatic heterocycles. The van der Waals surface area contributed by atoms with Gasteiger partial charge in [-0.1, -0.05) is 30.7 Å². The maximum atomic E-state index is 14.0. The number of rotatable bonds is 7. The van der Waals surface area contributed by atoms with Gasteiger partial charge in [0.15, 0.2) is 33.9 Å². The second-order valence-electron chi connectivity index (χ2n) is 7.81. The van der Waals surface area contributed by atoms with E-state index in [0.717, 1.165) is 36.3 Å². The highest BCUT2D eigenvalue weighted by Gasteiger charge is 2.33. The Balaban J connectivity index is 1.73. The van der Waals surface area contributed by atoms with E-state index < -0.39 is 34.5 Å². The van der Waals surface area contributed by atoms with Crippen molar-refractivity contribution in [1.29, 1.82) is 0 Å². The van der Waals surface area contributed by atoms with E-state index in [9.17, 15) is 27.9 Å². The molecule has 0 saturated heterocycles. The fraction of sp³-hybridized carbons (Fsp3) is 0.364. The molecule has 3 heterocycles. The fourth-order valence-corrected chi connectivity index (χ4v) is 4.57. The van der Waals surface area contributed by atoms with Gasteiger partial charge < -0.3 is 10.0 Å². The van der Waals surface area contributed by atoms with E-state index in [2.05, 4.69) is 10.2 Å². The highest BCUT2D eigenvalue weighted by atomic mass is 32.1. The minimum absolute atomic E-state index is 0.0232. The van der Waals surface area contributed by atoms with Crippen molar-refractivity contribution < 1.29 is 23.1 Å². The summed E-state index contributed by atoms with van der Waals surface area (Å²) in [6.07, 6.45) is 3.02. The predicted octanol–water partition coefficient (Wildman–Crippen LogP) is 3.25. The van der Waals surface area contributed by atoms with E-state index in [1.54, 1.807) is 0 Å². The summed E-state index contributed by atoms with van der Waals surface area (Å²) in [6, 6.07) is 1.94. The Morgan fingerprint density at radius 1 is 1.12 bits per heavy atom. The Labute approximate surface area is 196 Å². The lowest BCUT2D eigenvalue weighted by Crippen LogP contribution is -2.54. The third-order valence-electron chi connectivity index (χ3n) is 5.60. The maximum Gasteiger partial charge on any atom is 0.277 e. The van der Waals surface area contributed by atoms with Crippen LogP contribution < -0.4 is 10.4 Å². The number of benzene rings is 1. The number of carbonyl (C=O) groups is 1. The minimum Gasteiger partial charge on any atom is -0.502 e. The van der Waals surface area contributed by atoms with Crippen LogP contribution in [0.3, 0.4) is 0 Å². The van der Waals surface area contributed by atoms with Crippen molar-refractivity contribution >= 4 is 17.2 Å². The van der Waals surface area contributed by atoms with Crippen LogP contribution in [0.5, 0.6) is 5.75 Å². The highest BCUT2D eigenvalue weighted by molar-refractivity contribution is 7.14. The molecule has 3 aromatic rings. The molecular weight excluding hydrogens is 471 g/mol. The van der Waals surface area contributed by atoms with Crippen molar-refractivity contribution in [2.75, 3.05) is 24.8 Å². The van der Waals surface area contributed by atoms with Crippen LogP contribution in [0, 0.1) is 17.5 Å². The molecule has 12 heteroatoms. The Hall–Kier alpha value is -3.41. The summed E-state index contributed by atoms with van der Waals surface area (Å²) < 4.78 is 42.3. The van der Waals surface area contributed by atoms with E-state index in [1.165, 1.54) is 15.8 Å². The quantitative estimate of drug-likeness (QED) is 0.508. The molecule has 2 aromatic heterocycles. The van der Waals surface area contributed by atoms with Crippen LogP contribution in [0.4, 0.5) is 13.2 Å². The molecule has 8 nitrogen and oxygen atoms in total. The summed E-state index contributed by atoms with van der Waals surface area (Å²) in [5.41, 5.74) is -0.987. The first-order valence-corrected chi connectivity index (χ1v) is 11.6. The van der Waals surface area contributed by atoms with E-state index in [0.29, 0.717) is 19.8 Å². The highest BCUT2D eigenvalue weighted by Crippen LogP contribution is 2.28. The topological polar surface area (TPSA) is 91.6 Å². The Morgan fingerprint density at radius 3 is 2.59 bits per heavy atom. The number of hydrogen-bond acceptors (Lipinski definition) is 7. The van der Waals surface area contributed by atoms with Crippen molar-refractivity contribution in [2.24, 2.45) is 0 Å². The molecule has 1 aliphatic rings. The molecule has 0 radical (unpaired) electrons. The molecule has 0 bridgehead atoms. The van der Waals surface area contributed by atoms with E-state index in [4.69, 9.17) is 0 Å². The summed E-state index contributed by atoms with van der Waals surface area (Å²) in [5, 5.41) is 20.9. The van der Waals surface area contributed by atoms with Crippen LogP contribution in [-0.2, 0) is 6.42 Å². The summed E-state index contributed by atoms with van der Waals surface area (Å²) in [6.45, 7) is 5.14. The van der Waals surface area contributed by atoms with Gasteiger partial charge in [-0.05, 0) is 25.0 Å². The molecule has 1 aromatic carbocycles. The first kappa shape index (κ1) is 23.7. The first-order valence-electron chi connectivity index (χ1n) is 10.7. The summed E-state index contributed by atoms with van der Waals surface area (Å²) in [7, 11) is 0. The van der Waals surface area contributed by atoms with E-state index in [1.807, 2.05) is 18.9 Å². The predicted molar refractivity (Wildman–Crippen MR) is 120 cm³/mol. The SMILES string of the molecule is CCCCN1CN(CC)C(=O)c2c(O)c(=O)c(-c3nnc(Cc4ccc(F)c(F)c4F)s3)cn21. The largest absolute Gasteiger partial charge is 0.502 e. The van der Waals surface area contributed by atoms with Crippen LogP contribution in [0.25, 0.3) is 10.6 Å². The van der Waals surface area contributed by atoms with Crippen molar-refractivity contribution in [3.05, 3.63) is 62.3 Å². The number of hydrogen-bond donors (Lipinski definition) is 1. The van der Waals surface area contributed by atoms with Crippen LogP contribution in [0.2, 0.25) is 0 Å². The number of aromatic nitrogens is 3. The smallest absolute Gasteiger partial charge is 0.277 e. The molecule has 34 heavy (non-hydrogen) atoms. The van der Waals surface area contributed by atoms with Gasteiger partial charge in [0, 0.05) is 25.7 Å². The lowest BCUT2D eigenvalue weighted by Gasteiger charge is -2.39. The Bertz CT molecular complexity index is 1310. The van der Waals surface area contributed by atoms with Gasteiger partial charge in [-0.15, -0.1) is 10.2 Å². The standard InChI is InChI=1S/C22H22F3N5O3S/c1-3-5-8-29-11-28(4-2)22(33)18-20(32)19(31)13(10-30(18)29)21-27-26-15(34-21)9-12-6-7-14(23)17(25)16(12)24/h6-7,10,32H,3-5,8-9,11H2,1-2H3. The molecule has 1 amide bonds. The maximum absolute atomic E-state index is 14.0. The first-order chi connectivity index (χ1) is 16.3. The molecule has 0 fully saturated rings. The van der Waals surface area contributed by atoms with E-state index >= 15 is 0 Å². The van der Waals surface area contributed by atoms with Crippen LogP contribution >= 0.6 is 11.3 Å². The molecule has 0 aliphatic carbocycles. The van der Waals surface area contributed by atoms with Crippen LogP contribution in [0.1, 0.15) is 47.7 Å². The zero-order valence-corrected chi connectivity index (χ0v) is 19.3. The molecular formula is C22H22F3N5O3S. The average Bonchev–Trinajstić information content (AvgIpc) is 3.29. The van der Waals surface area contributed by atoms with Gasteiger partial charge in [0.2, 0.25) is 5.43 Å². The number of unbranched alkanes of at least 4 members (excludes halogenated alkanes) is 1. The lowest BCUT2D eigenvalue weighted by atomic mass is 10.1. The van der Waals surface area contributed by atoms with Gasteiger partial charge in [0.05, 0.1) is 5.56 Å². The van der Waals surface area contributed by atoms with Gasteiger partial charge in [0.1, 0.15) is 11.7 Å². The molecule has 0 atom stereocenters. The van der Waals surface area contributed by atoms with Gasteiger partial charge >= 0.3 is 0 Å². The zero-order chi connectivity index (χ0) is 24.6. The van der Waals surface area contributed by atoms with Crippen LogP contribution in [-0.4, -0.2) is 50.5 Å². The minimum atomic E-state index is -1.57. The molecule has 0 spiro atoms. The number of nitrogens with zero attached hydrogens (tertiary/aromatic N) is 5. The van der Waals surface area contributed by atoms with Gasteiger partial charge in [-0.25, -0.2) is 13.2 Å². The second kappa shape index (κ2) is 9.45. The number of pyridine rings is 1. The van der Waals surface area contributed by atoms with Crippen molar-refractivity contribution in [1.82, 2.24) is 19.8 Å². The molecule has 180 valence electrons. The summed E-state index contributed by atoms with van der Waals surface area (Å²) in [4.78, 5) is 27.3. The number of fused-ring (bicyclic) bond motifs is 1. The molecule has 0 saturated carbocycles. The zero-order valence-electron chi connectivity index (χ0n) is 18.5. The normalized spacial score (nSPS) is 13.5. The third-order valence-corrected chi connectivity index (χ3v) is 6.56. The number of amides is 1. The third kappa shape index (κ3) is 4.13. The average molecular weight is 494 g/mol. The fourth-order valence-electron chi connectivity index (χ4n) is 3.70. The van der Waals surface area contributed by atoms with E-state index in [-0.39, 0.29) is 33.3 Å². The van der Waals surface area contributed by atoms with Crippen molar-refractivity contribution in [2.45, 2.75) is 33.1 Å². The van der Waals surface area contributed by atoms with Gasteiger partial charge in [-0.2, -0.15) is 0 Å². The monoisotopic (exact) mass is 493 g/mol. The second-order valence-corrected chi connectivity index (χ2v) is 8.87. The van der Waals surface area contributed by atoms with Crippen molar-refractivity contribution in [3.8, 4) is 16.3 Å². The Morgan fingerprint density at radius 2 is 1.88 bits per heavy atom. The van der Waals surface area contributed by atoms with Crippen LogP contribution in [0.15, 0.2) is 23.1 Å². The molecule has 0 unspecified atom stereocenters. The van der Waals surface area contributed by atoms with Gasteiger partial charge in [-0.3, -0.25) is 19.3 Å². The van der Waals surface area contributed by atoms with Gasteiger partial charge in [0.25, 0.3) is 5.91 Å². The Kier molecular flexibility index (Phi) is 6.60. The number of aromatic hydroxyl groups is 1. The summed E-state index contributed by atoms with van der Waals surface area (Å²) in [5.74, 6) is -5.32. The number of halogens is 3. The lowest BCUT2D eigenvalue weighted by molar-refractivity contribution is 0.0697. The van der Waals surface area contributed by atoms with Crippen molar-refractivity contribution in [3.63, 3.8) is 0 Å². The molecule has 1 N–H and O–H groups in total. The summed E-state index contributed by atoms with van der Waals surface area (Å²) >= 11 is 0.955. The molecule has 4 rings (SSSR count).